The number of fused-ring (bicyclic) bond motifs is 1. The predicted octanol–water partition coefficient (Wildman–Crippen LogP) is 3.56. The minimum absolute atomic E-state index is 0.0106. The van der Waals surface area contributed by atoms with Crippen molar-refractivity contribution in [3.63, 3.8) is 0 Å². The smallest absolute Gasteiger partial charge is 0.262 e. The number of carbonyl (C=O) groups is 1. The molecule has 0 radical (unpaired) electrons. The summed E-state index contributed by atoms with van der Waals surface area (Å²) in [6.07, 6.45) is 1.23. The first-order chi connectivity index (χ1) is 16.5. The standard InChI is InChI=1S/C23H18N4O6S/c28-22(25-16-7-5-15(6-8-16)23-26-24-14-33-23)18-3-1-2-4-19(18)27-34(29,30)17-9-10-20-21(13-17)32-12-11-31-20/h1-10,13-14,27H,11-12H2,(H,25,28). The Morgan fingerprint density at radius 2 is 1.68 bits per heavy atom. The lowest BCUT2D eigenvalue weighted by Crippen LogP contribution is -2.19. The van der Waals surface area contributed by atoms with Crippen LogP contribution in [0.25, 0.3) is 11.5 Å². The molecule has 11 heteroatoms. The molecule has 1 aliphatic rings. The zero-order valence-corrected chi connectivity index (χ0v) is 18.4. The van der Waals surface area contributed by atoms with Crippen molar-refractivity contribution in [1.29, 1.82) is 0 Å². The van der Waals surface area contributed by atoms with Gasteiger partial charge in [-0.25, -0.2) is 8.42 Å². The predicted molar refractivity (Wildman–Crippen MR) is 122 cm³/mol. The van der Waals surface area contributed by atoms with Crippen LogP contribution in [0.2, 0.25) is 0 Å². The van der Waals surface area contributed by atoms with Gasteiger partial charge in [0.2, 0.25) is 12.3 Å². The van der Waals surface area contributed by atoms with Gasteiger partial charge >= 0.3 is 0 Å². The quantitative estimate of drug-likeness (QED) is 0.430. The second-order valence-corrected chi connectivity index (χ2v) is 8.91. The van der Waals surface area contributed by atoms with Crippen LogP contribution in [0.4, 0.5) is 11.4 Å². The summed E-state index contributed by atoms with van der Waals surface area (Å²) in [6, 6.07) is 17.5. The first-order valence-electron chi connectivity index (χ1n) is 10.2. The molecule has 5 rings (SSSR count). The van der Waals surface area contributed by atoms with E-state index in [0.29, 0.717) is 41.9 Å². The zero-order valence-electron chi connectivity index (χ0n) is 17.6. The fourth-order valence-corrected chi connectivity index (χ4v) is 4.45. The number of nitrogens with one attached hydrogen (secondary N) is 2. The van der Waals surface area contributed by atoms with Crippen LogP contribution >= 0.6 is 0 Å². The molecule has 4 aromatic rings. The number of para-hydroxylation sites is 1. The number of carbonyl (C=O) groups excluding carboxylic acids is 1. The highest BCUT2D eigenvalue weighted by atomic mass is 32.2. The molecule has 0 saturated carbocycles. The molecule has 0 spiro atoms. The average molecular weight is 478 g/mol. The maximum atomic E-state index is 13.0. The molecular formula is C23H18N4O6S. The molecule has 0 bridgehead atoms. The highest BCUT2D eigenvalue weighted by Gasteiger charge is 2.22. The number of rotatable bonds is 6. The Morgan fingerprint density at radius 3 is 2.44 bits per heavy atom. The summed E-state index contributed by atoms with van der Waals surface area (Å²) in [5, 5.41) is 10.2. The Balaban J connectivity index is 1.35. The normalized spacial score (nSPS) is 12.7. The van der Waals surface area contributed by atoms with Crippen LogP contribution in [0.3, 0.4) is 0 Å². The molecule has 1 aliphatic heterocycles. The number of aromatic nitrogens is 2. The number of amides is 1. The second kappa shape index (κ2) is 8.87. The van der Waals surface area contributed by atoms with Crippen molar-refractivity contribution in [3.8, 4) is 23.0 Å². The Morgan fingerprint density at radius 1 is 0.912 bits per heavy atom. The van der Waals surface area contributed by atoms with E-state index in [-0.39, 0.29) is 16.1 Å². The lowest BCUT2D eigenvalue weighted by Gasteiger charge is -2.19. The van der Waals surface area contributed by atoms with Crippen molar-refractivity contribution in [3.05, 3.63) is 78.7 Å². The molecule has 0 unspecified atom stereocenters. The van der Waals surface area contributed by atoms with Gasteiger partial charge in [0.15, 0.2) is 11.5 Å². The first-order valence-corrected chi connectivity index (χ1v) is 11.7. The highest BCUT2D eigenvalue weighted by molar-refractivity contribution is 7.92. The van der Waals surface area contributed by atoms with E-state index in [1.54, 1.807) is 42.5 Å². The van der Waals surface area contributed by atoms with Crippen LogP contribution in [0, 0.1) is 0 Å². The fraction of sp³-hybridized carbons (Fsp3) is 0.0870. The van der Waals surface area contributed by atoms with E-state index < -0.39 is 15.9 Å². The van der Waals surface area contributed by atoms with Gasteiger partial charge in [-0.15, -0.1) is 10.2 Å². The zero-order chi connectivity index (χ0) is 23.5. The SMILES string of the molecule is O=C(Nc1ccc(-c2nnco2)cc1)c1ccccc1NS(=O)(=O)c1ccc2c(c1)OCCO2. The van der Waals surface area contributed by atoms with Gasteiger partial charge in [-0.3, -0.25) is 9.52 Å². The Bertz CT molecular complexity index is 1440. The van der Waals surface area contributed by atoms with Crippen molar-refractivity contribution < 1.29 is 27.1 Å². The van der Waals surface area contributed by atoms with Crippen LogP contribution in [0.15, 0.2) is 82.4 Å². The van der Waals surface area contributed by atoms with Crippen LogP contribution in [0.1, 0.15) is 10.4 Å². The third-order valence-electron chi connectivity index (χ3n) is 4.99. The molecule has 0 saturated heterocycles. The monoisotopic (exact) mass is 478 g/mol. The van der Waals surface area contributed by atoms with Gasteiger partial charge < -0.3 is 19.2 Å². The van der Waals surface area contributed by atoms with Gasteiger partial charge in [0.1, 0.15) is 13.2 Å². The lowest BCUT2D eigenvalue weighted by atomic mass is 10.1. The average Bonchev–Trinajstić information content (AvgIpc) is 3.39. The van der Waals surface area contributed by atoms with Crippen LogP contribution in [-0.4, -0.2) is 37.7 Å². The highest BCUT2D eigenvalue weighted by Crippen LogP contribution is 2.33. The van der Waals surface area contributed by atoms with Gasteiger partial charge in [-0.2, -0.15) is 0 Å². The van der Waals surface area contributed by atoms with Crippen LogP contribution < -0.4 is 19.5 Å². The number of hydrogen-bond donors (Lipinski definition) is 2. The molecule has 0 atom stereocenters. The van der Waals surface area contributed by atoms with E-state index in [1.807, 2.05) is 0 Å². The summed E-state index contributed by atoms with van der Waals surface area (Å²) in [7, 11) is -4.00. The number of anilines is 2. The van der Waals surface area contributed by atoms with Gasteiger partial charge in [0, 0.05) is 17.3 Å². The van der Waals surface area contributed by atoms with Crippen molar-refractivity contribution in [2.75, 3.05) is 23.3 Å². The topological polar surface area (TPSA) is 133 Å². The largest absolute Gasteiger partial charge is 0.486 e. The van der Waals surface area contributed by atoms with E-state index >= 15 is 0 Å². The summed E-state index contributed by atoms with van der Waals surface area (Å²) in [6.45, 7) is 0.738. The molecule has 2 heterocycles. The van der Waals surface area contributed by atoms with Gasteiger partial charge in [0.25, 0.3) is 15.9 Å². The van der Waals surface area contributed by atoms with E-state index in [2.05, 4.69) is 20.2 Å². The van der Waals surface area contributed by atoms with Crippen LogP contribution in [-0.2, 0) is 10.0 Å². The molecule has 3 aromatic carbocycles. The van der Waals surface area contributed by atoms with Crippen molar-refractivity contribution in [1.82, 2.24) is 10.2 Å². The third kappa shape index (κ3) is 4.41. The molecule has 2 N–H and O–H groups in total. The first kappa shape index (κ1) is 21.5. The molecular weight excluding hydrogens is 460 g/mol. The van der Waals surface area contributed by atoms with Crippen molar-refractivity contribution in [2.24, 2.45) is 0 Å². The minimum atomic E-state index is -4.00. The summed E-state index contributed by atoms with van der Waals surface area (Å²) in [5.74, 6) is 0.710. The fourth-order valence-electron chi connectivity index (χ4n) is 3.36. The minimum Gasteiger partial charge on any atom is -0.486 e. The summed E-state index contributed by atoms with van der Waals surface area (Å²) < 4.78 is 44.6. The molecule has 34 heavy (non-hydrogen) atoms. The maximum absolute atomic E-state index is 13.0. The van der Waals surface area contributed by atoms with Crippen LogP contribution in [0.5, 0.6) is 11.5 Å². The van der Waals surface area contributed by atoms with Crippen molar-refractivity contribution >= 4 is 27.3 Å². The van der Waals surface area contributed by atoms with Gasteiger partial charge in [0.05, 0.1) is 16.1 Å². The molecule has 172 valence electrons. The molecule has 1 amide bonds. The Kier molecular flexibility index (Phi) is 5.60. The number of benzene rings is 3. The Labute approximate surface area is 194 Å². The van der Waals surface area contributed by atoms with E-state index in [0.717, 1.165) is 0 Å². The van der Waals surface area contributed by atoms with Gasteiger partial charge in [-0.05, 0) is 48.5 Å². The number of ether oxygens (including phenoxy) is 2. The molecule has 0 aliphatic carbocycles. The molecule has 10 nitrogen and oxygen atoms in total. The third-order valence-corrected chi connectivity index (χ3v) is 6.35. The summed E-state index contributed by atoms with van der Waals surface area (Å²) in [4.78, 5) is 12.9. The number of hydrogen-bond acceptors (Lipinski definition) is 8. The molecule has 0 fully saturated rings. The molecule has 1 aromatic heterocycles. The van der Waals surface area contributed by atoms with Crippen molar-refractivity contribution in [2.45, 2.75) is 4.90 Å². The van der Waals surface area contributed by atoms with E-state index in [1.165, 1.54) is 30.7 Å². The number of nitrogens with zero attached hydrogens (tertiary/aromatic N) is 2. The lowest BCUT2D eigenvalue weighted by molar-refractivity contribution is 0.102. The maximum Gasteiger partial charge on any atom is 0.262 e. The van der Waals surface area contributed by atoms with Gasteiger partial charge in [-0.1, -0.05) is 12.1 Å². The Hall–Kier alpha value is -4.38. The van der Waals surface area contributed by atoms with E-state index in [9.17, 15) is 13.2 Å². The second-order valence-electron chi connectivity index (χ2n) is 7.23. The number of sulfonamides is 1. The summed E-state index contributed by atoms with van der Waals surface area (Å²) >= 11 is 0. The van der Waals surface area contributed by atoms with E-state index in [4.69, 9.17) is 13.9 Å². The summed E-state index contributed by atoms with van der Waals surface area (Å²) in [5.41, 5.74) is 1.50.